The molecule has 1 aliphatic heterocycles. The normalized spacial score (nSPS) is 42.2. The summed E-state index contributed by atoms with van der Waals surface area (Å²) in [6, 6.07) is 0. The van der Waals surface area contributed by atoms with E-state index in [1.54, 1.807) is 7.11 Å². The molecule has 0 amide bonds. The Hall–Kier alpha value is -0.423. The van der Waals surface area contributed by atoms with Crippen LogP contribution in [0.25, 0.3) is 0 Å². The lowest BCUT2D eigenvalue weighted by molar-refractivity contribution is -0.381. The molecule has 1 heterocycles. The monoisotopic (exact) mass is 476 g/mol. The summed E-state index contributed by atoms with van der Waals surface area (Å²) in [5.74, 6) is 9.08. The molecular weight excluding hydrogens is 432 g/mol. The lowest BCUT2D eigenvalue weighted by Crippen LogP contribution is -2.74. The van der Waals surface area contributed by atoms with Crippen LogP contribution in [0.1, 0.15) is 65.7 Å². The molecule has 33 heavy (non-hydrogen) atoms. The van der Waals surface area contributed by atoms with Gasteiger partial charge in [0.15, 0.2) is 14.1 Å². The average molecular weight is 477 g/mol. The molecule has 5 aliphatic rings. The fourth-order valence-electron chi connectivity index (χ4n) is 7.23. The Morgan fingerprint density at radius 3 is 2.39 bits per heavy atom. The van der Waals surface area contributed by atoms with E-state index in [0.717, 1.165) is 37.0 Å². The minimum atomic E-state index is -1.94. The van der Waals surface area contributed by atoms with Crippen LogP contribution in [0.4, 0.5) is 0 Å². The molecule has 4 aliphatic carbocycles. The Morgan fingerprint density at radius 1 is 1.12 bits per heavy atom. The summed E-state index contributed by atoms with van der Waals surface area (Å²) >= 11 is 0. The van der Waals surface area contributed by atoms with Crippen LogP contribution in [-0.4, -0.2) is 57.3 Å². The van der Waals surface area contributed by atoms with Crippen molar-refractivity contribution in [1.82, 2.24) is 0 Å². The largest absolute Gasteiger partial charge is 0.403 e. The molecule has 0 aromatic carbocycles. The fraction of sp³-hybridized carbons (Fsp3) is 0.926. The maximum atomic E-state index is 11.0. The average Bonchev–Trinajstić information content (AvgIpc) is 3.13. The second-order valence-corrected chi connectivity index (χ2v) is 17.6. The van der Waals surface area contributed by atoms with Gasteiger partial charge in [-0.3, -0.25) is 0 Å². The SMILES string of the molecule is CO[C@@]12CC[C@H](O)[C@@H](C#C[C@H](CC3C4CCCC43)O[Si](C)(C)C(C)(C)C)[C@@H]1CC21OCCO1. The van der Waals surface area contributed by atoms with Crippen molar-refractivity contribution in [1.29, 1.82) is 0 Å². The smallest absolute Gasteiger partial charge is 0.198 e. The summed E-state index contributed by atoms with van der Waals surface area (Å²) in [6.45, 7) is 12.8. The van der Waals surface area contributed by atoms with Gasteiger partial charge in [0.05, 0.1) is 25.2 Å². The number of fused-ring (bicyclic) bond motifs is 3. The van der Waals surface area contributed by atoms with E-state index in [1.165, 1.54) is 19.3 Å². The van der Waals surface area contributed by atoms with Crippen LogP contribution in [-0.2, 0) is 18.6 Å². The zero-order valence-electron chi connectivity index (χ0n) is 21.5. The van der Waals surface area contributed by atoms with Crippen LogP contribution in [0.5, 0.6) is 0 Å². The molecule has 1 spiro atoms. The molecule has 1 saturated heterocycles. The highest BCUT2D eigenvalue weighted by Crippen LogP contribution is 2.62. The molecule has 0 bridgehead atoms. The number of methoxy groups -OCH3 is 1. The van der Waals surface area contributed by atoms with Crippen molar-refractivity contribution < 1.29 is 23.7 Å². The van der Waals surface area contributed by atoms with Gasteiger partial charge in [-0.2, -0.15) is 0 Å². The summed E-state index contributed by atoms with van der Waals surface area (Å²) in [4.78, 5) is 0. The number of ether oxygens (including phenoxy) is 3. The fourth-order valence-corrected chi connectivity index (χ4v) is 8.45. The third-order valence-electron chi connectivity index (χ3n) is 10.2. The van der Waals surface area contributed by atoms with Gasteiger partial charge in [0.25, 0.3) is 0 Å². The first-order valence-electron chi connectivity index (χ1n) is 13.2. The van der Waals surface area contributed by atoms with Gasteiger partial charge in [-0.15, -0.1) is 0 Å². The lowest BCUT2D eigenvalue weighted by Gasteiger charge is -2.63. The van der Waals surface area contributed by atoms with Crippen molar-refractivity contribution in [2.45, 2.75) is 107 Å². The van der Waals surface area contributed by atoms with Crippen molar-refractivity contribution in [2.24, 2.45) is 29.6 Å². The van der Waals surface area contributed by atoms with Crippen LogP contribution in [0.2, 0.25) is 18.1 Å². The first-order valence-corrected chi connectivity index (χ1v) is 16.1. The number of rotatable bonds is 5. The molecule has 6 heteroatoms. The minimum absolute atomic E-state index is 0.0411. The molecule has 5 fully saturated rings. The van der Waals surface area contributed by atoms with Gasteiger partial charge in [-0.05, 0) is 68.0 Å². The third-order valence-corrected chi connectivity index (χ3v) is 14.7. The summed E-state index contributed by atoms with van der Waals surface area (Å²) in [7, 11) is -0.181. The van der Waals surface area contributed by atoms with Crippen molar-refractivity contribution in [3.63, 3.8) is 0 Å². The molecule has 2 unspecified atom stereocenters. The Labute approximate surface area is 201 Å². The quantitative estimate of drug-likeness (QED) is 0.459. The number of aliphatic hydroxyl groups excluding tert-OH is 1. The van der Waals surface area contributed by atoms with Crippen LogP contribution < -0.4 is 0 Å². The topological polar surface area (TPSA) is 57.2 Å². The van der Waals surface area contributed by atoms with Gasteiger partial charge < -0.3 is 23.7 Å². The highest BCUT2D eigenvalue weighted by molar-refractivity contribution is 6.74. The first-order chi connectivity index (χ1) is 15.5. The maximum absolute atomic E-state index is 11.0. The van der Waals surface area contributed by atoms with Crippen molar-refractivity contribution >= 4 is 8.32 Å². The van der Waals surface area contributed by atoms with Gasteiger partial charge >= 0.3 is 0 Å². The first kappa shape index (κ1) is 24.3. The predicted octanol–water partition coefficient (Wildman–Crippen LogP) is 4.74. The summed E-state index contributed by atoms with van der Waals surface area (Å²) in [6.07, 6.45) is 6.91. The van der Waals surface area contributed by atoms with Gasteiger partial charge in [-0.25, -0.2) is 0 Å². The highest BCUT2D eigenvalue weighted by Gasteiger charge is 2.73. The van der Waals surface area contributed by atoms with Crippen molar-refractivity contribution in [2.75, 3.05) is 20.3 Å². The van der Waals surface area contributed by atoms with E-state index in [2.05, 4.69) is 45.7 Å². The predicted molar refractivity (Wildman–Crippen MR) is 130 cm³/mol. The second kappa shape index (κ2) is 8.32. The van der Waals surface area contributed by atoms with E-state index in [4.69, 9.17) is 18.6 Å². The number of aliphatic hydroxyl groups is 1. The number of hydrogen-bond acceptors (Lipinski definition) is 5. The van der Waals surface area contributed by atoms with E-state index in [0.29, 0.717) is 19.6 Å². The summed E-state index contributed by atoms with van der Waals surface area (Å²) in [5.41, 5.74) is -0.495. The summed E-state index contributed by atoms with van der Waals surface area (Å²) < 4.78 is 25.1. The van der Waals surface area contributed by atoms with Gasteiger partial charge in [0.2, 0.25) is 0 Å². The Bertz CT molecular complexity index is 794. The van der Waals surface area contributed by atoms with Crippen LogP contribution in [0.15, 0.2) is 0 Å². The van der Waals surface area contributed by atoms with Crippen LogP contribution in [0.3, 0.4) is 0 Å². The standard InChI is InChI=1S/C27H44O5Si/c1-25(2,3)33(5,6)32-18(16-22-19-8-7-9-20(19)22)10-11-21-23-17-27(30-14-15-31-27)26(23,29-4)13-12-24(21)28/h18-24,28H,7-9,12-17H2,1-6H3/t18-,19?,20?,21+,22?,23+,24+,26+/m1/s1. The minimum Gasteiger partial charge on any atom is -0.403 e. The molecule has 0 aromatic heterocycles. The molecule has 4 saturated carbocycles. The maximum Gasteiger partial charge on any atom is 0.198 e. The lowest BCUT2D eigenvalue weighted by atomic mass is 9.52. The molecule has 5 nitrogen and oxygen atoms in total. The molecule has 0 radical (unpaired) electrons. The Morgan fingerprint density at radius 2 is 1.79 bits per heavy atom. The van der Waals surface area contributed by atoms with Crippen LogP contribution >= 0.6 is 0 Å². The zero-order valence-corrected chi connectivity index (χ0v) is 22.5. The third kappa shape index (κ3) is 3.86. The molecule has 7 atom stereocenters. The zero-order chi connectivity index (χ0) is 23.6. The van der Waals surface area contributed by atoms with E-state index in [-0.39, 0.29) is 23.0 Å². The van der Waals surface area contributed by atoms with E-state index in [1.807, 2.05) is 0 Å². The summed E-state index contributed by atoms with van der Waals surface area (Å²) in [5, 5.41) is 11.1. The van der Waals surface area contributed by atoms with Gasteiger partial charge in [0.1, 0.15) is 11.7 Å². The Balaban J connectivity index is 1.36. The number of hydrogen-bond donors (Lipinski definition) is 1. The van der Waals surface area contributed by atoms with Crippen LogP contribution in [0, 0.1) is 41.4 Å². The van der Waals surface area contributed by atoms with E-state index < -0.39 is 25.8 Å². The van der Waals surface area contributed by atoms with E-state index in [9.17, 15) is 5.11 Å². The molecule has 5 rings (SSSR count). The second-order valence-electron chi connectivity index (χ2n) is 12.8. The van der Waals surface area contributed by atoms with Crippen molar-refractivity contribution in [3.05, 3.63) is 0 Å². The van der Waals surface area contributed by atoms with Gasteiger partial charge in [-0.1, -0.05) is 39.0 Å². The molecule has 186 valence electrons. The molecule has 1 N–H and O–H groups in total. The van der Waals surface area contributed by atoms with Gasteiger partial charge in [0, 0.05) is 19.4 Å². The van der Waals surface area contributed by atoms with Crippen molar-refractivity contribution in [3.8, 4) is 11.8 Å². The molecule has 0 aromatic rings. The van der Waals surface area contributed by atoms with E-state index >= 15 is 0 Å². The Kier molecular flexibility index (Phi) is 6.12. The highest BCUT2D eigenvalue weighted by atomic mass is 28.4. The molecular formula is C27H44O5Si.